The van der Waals surface area contributed by atoms with Gasteiger partial charge in [-0.25, -0.2) is 4.98 Å². The molecule has 4 aromatic heterocycles. The van der Waals surface area contributed by atoms with Crippen LogP contribution in [0.25, 0.3) is 115 Å². The maximum atomic E-state index is 7.03. The first kappa shape index (κ1) is 29.3. The molecule has 0 unspecified atom stereocenters. The van der Waals surface area contributed by atoms with Crippen molar-refractivity contribution in [2.24, 2.45) is 0 Å². The van der Waals surface area contributed by atoms with E-state index in [2.05, 4.69) is 168 Å². The Labute approximate surface area is 309 Å². The van der Waals surface area contributed by atoms with Crippen LogP contribution in [0.15, 0.2) is 180 Å². The van der Waals surface area contributed by atoms with Crippen LogP contribution in [0.1, 0.15) is 0 Å². The van der Waals surface area contributed by atoms with Gasteiger partial charge in [-0.15, -0.1) is 0 Å². The van der Waals surface area contributed by atoms with Crippen LogP contribution in [-0.2, 0) is 0 Å². The Hall–Kier alpha value is -7.30. The molecule has 0 fully saturated rings. The number of pyridine rings is 2. The Bertz CT molecular complexity index is 3500. The van der Waals surface area contributed by atoms with Crippen molar-refractivity contribution in [2.75, 3.05) is 0 Å². The smallest absolute Gasteiger partial charge is 0.160 e. The zero-order valence-electron chi connectivity index (χ0n) is 29.0. The van der Waals surface area contributed by atoms with Gasteiger partial charge in [0.05, 0.1) is 22.1 Å². The standard InChI is InChI=1S/C50H29N3O/c1-2-14-30(15-3-1)31-16-12-17-32(28-31)39-29-43(52-40-24-13-27-51-48(39)40)53-41-25-10-8-22-37(41)46-44-35-20-6-4-18-33(35)34-19-5-7-21-36(34)45(44)47-38-23-9-11-26-42(38)54-50(47)49(46)53/h1-29H. The van der Waals surface area contributed by atoms with Gasteiger partial charge in [0.1, 0.15) is 11.4 Å². The molecule has 0 aliphatic heterocycles. The molecule has 54 heavy (non-hydrogen) atoms. The first-order chi connectivity index (χ1) is 26.8. The summed E-state index contributed by atoms with van der Waals surface area (Å²) in [5.74, 6) is 0.813. The van der Waals surface area contributed by atoms with Crippen LogP contribution in [0, 0.1) is 0 Å². The van der Waals surface area contributed by atoms with Crippen LogP contribution in [0.2, 0.25) is 0 Å². The summed E-state index contributed by atoms with van der Waals surface area (Å²) in [6, 6.07) is 60.3. The zero-order valence-corrected chi connectivity index (χ0v) is 29.0. The average molecular weight is 688 g/mol. The number of para-hydroxylation sites is 2. The van der Waals surface area contributed by atoms with Crippen molar-refractivity contribution in [1.82, 2.24) is 14.5 Å². The Kier molecular flexibility index (Phi) is 6.02. The highest BCUT2D eigenvalue weighted by molar-refractivity contribution is 6.44. The number of fused-ring (bicyclic) bond motifs is 16. The lowest BCUT2D eigenvalue weighted by Crippen LogP contribution is -2.00. The molecule has 4 heteroatoms. The van der Waals surface area contributed by atoms with Gasteiger partial charge in [-0.3, -0.25) is 9.55 Å². The number of nitrogens with zero attached hydrogens (tertiary/aromatic N) is 3. The number of aromatic nitrogens is 3. The molecule has 0 atom stereocenters. The van der Waals surface area contributed by atoms with E-state index in [1.165, 1.54) is 37.9 Å². The van der Waals surface area contributed by atoms with E-state index in [0.29, 0.717) is 0 Å². The lowest BCUT2D eigenvalue weighted by Gasteiger charge is -2.15. The molecule has 8 aromatic carbocycles. The highest BCUT2D eigenvalue weighted by atomic mass is 16.3. The molecule has 0 N–H and O–H groups in total. The predicted molar refractivity (Wildman–Crippen MR) is 225 cm³/mol. The van der Waals surface area contributed by atoms with Gasteiger partial charge in [0.2, 0.25) is 0 Å². The maximum Gasteiger partial charge on any atom is 0.160 e. The second-order valence-corrected chi connectivity index (χ2v) is 14.1. The Morgan fingerprint density at radius 2 is 1.07 bits per heavy atom. The Morgan fingerprint density at radius 3 is 1.87 bits per heavy atom. The largest absolute Gasteiger partial charge is 0.454 e. The summed E-state index contributed by atoms with van der Waals surface area (Å²) in [5.41, 5.74) is 9.94. The van der Waals surface area contributed by atoms with Crippen LogP contribution >= 0.6 is 0 Å². The summed E-state index contributed by atoms with van der Waals surface area (Å²) < 4.78 is 9.36. The van der Waals surface area contributed by atoms with Crippen LogP contribution in [0.5, 0.6) is 0 Å². The second kappa shape index (κ2) is 11.1. The molecule has 250 valence electrons. The summed E-state index contributed by atoms with van der Waals surface area (Å²) in [6.45, 7) is 0. The predicted octanol–water partition coefficient (Wildman–Crippen LogP) is 13.4. The van der Waals surface area contributed by atoms with Gasteiger partial charge in [0.25, 0.3) is 0 Å². The van der Waals surface area contributed by atoms with Gasteiger partial charge >= 0.3 is 0 Å². The fourth-order valence-electron chi connectivity index (χ4n) is 8.95. The quantitative estimate of drug-likeness (QED) is 0.174. The average Bonchev–Trinajstić information content (AvgIpc) is 3.80. The third-order valence-corrected chi connectivity index (χ3v) is 11.2. The fourth-order valence-corrected chi connectivity index (χ4v) is 8.95. The van der Waals surface area contributed by atoms with Crippen molar-refractivity contribution in [2.45, 2.75) is 0 Å². The first-order valence-corrected chi connectivity index (χ1v) is 18.3. The van der Waals surface area contributed by atoms with Crippen LogP contribution in [-0.4, -0.2) is 14.5 Å². The topological polar surface area (TPSA) is 43.9 Å². The third-order valence-electron chi connectivity index (χ3n) is 11.2. The highest BCUT2D eigenvalue weighted by Gasteiger charge is 2.26. The van der Waals surface area contributed by atoms with E-state index in [0.717, 1.165) is 77.3 Å². The number of hydrogen-bond acceptors (Lipinski definition) is 3. The molecule has 0 aliphatic carbocycles. The minimum absolute atomic E-state index is 0.813. The van der Waals surface area contributed by atoms with Gasteiger partial charge in [-0.1, -0.05) is 133 Å². The van der Waals surface area contributed by atoms with Gasteiger partial charge in [-0.05, 0) is 74.6 Å². The van der Waals surface area contributed by atoms with Crippen molar-refractivity contribution in [3.63, 3.8) is 0 Å². The van der Waals surface area contributed by atoms with Crippen molar-refractivity contribution in [3.05, 3.63) is 176 Å². The van der Waals surface area contributed by atoms with Crippen molar-refractivity contribution in [1.29, 1.82) is 0 Å². The molecule has 0 saturated carbocycles. The summed E-state index contributed by atoms with van der Waals surface area (Å²) in [4.78, 5) is 10.3. The lowest BCUT2D eigenvalue weighted by molar-refractivity contribution is 0.671. The Morgan fingerprint density at radius 1 is 0.444 bits per heavy atom. The van der Waals surface area contributed by atoms with Gasteiger partial charge < -0.3 is 4.42 Å². The number of hydrogen-bond donors (Lipinski definition) is 0. The van der Waals surface area contributed by atoms with Crippen molar-refractivity contribution < 1.29 is 4.42 Å². The molecule has 0 aliphatic rings. The van der Waals surface area contributed by atoms with Crippen LogP contribution < -0.4 is 0 Å². The highest BCUT2D eigenvalue weighted by Crippen LogP contribution is 2.50. The zero-order chi connectivity index (χ0) is 35.3. The van der Waals surface area contributed by atoms with E-state index in [1.807, 2.05) is 12.3 Å². The molecular formula is C50H29N3O. The van der Waals surface area contributed by atoms with Gasteiger partial charge in [0.15, 0.2) is 5.58 Å². The molecule has 0 radical (unpaired) electrons. The molecular weight excluding hydrogens is 659 g/mol. The maximum absolute atomic E-state index is 7.03. The number of benzene rings is 8. The number of rotatable bonds is 3. The Balaban J connectivity index is 1.30. The van der Waals surface area contributed by atoms with E-state index in [-0.39, 0.29) is 0 Å². The van der Waals surface area contributed by atoms with Gasteiger partial charge in [-0.2, -0.15) is 0 Å². The van der Waals surface area contributed by atoms with Crippen molar-refractivity contribution >= 4 is 87.1 Å². The minimum Gasteiger partial charge on any atom is -0.454 e. The molecule has 4 heterocycles. The van der Waals surface area contributed by atoms with E-state index in [1.54, 1.807) is 0 Å². The molecule has 0 amide bonds. The van der Waals surface area contributed by atoms with Crippen LogP contribution in [0.3, 0.4) is 0 Å². The van der Waals surface area contributed by atoms with E-state index in [4.69, 9.17) is 14.4 Å². The van der Waals surface area contributed by atoms with E-state index < -0.39 is 0 Å². The summed E-state index contributed by atoms with van der Waals surface area (Å²) in [6.07, 6.45) is 1.86. The van der Waals surface area contributed by atoms with Gasteiger partial charge in [0, 0.05) is 44.1 Å². The second-order valence-electron chi connectivity index (χ2n) is 14.1. The molecule has 12 aromatic rings. The SMILES string of the molecule is c1ccc(-c2cccc(-c3cc(-n4c5ccccc5c5c6c7ccccc7c7ccccc7c6c6c7ccccc7oc6c54)nc4cccnc34)c2)cc1. The monoisotopic (exact) mass is 687 g/mol. The molecule has 4 nitrogen and oxygen atoms in total. The normalized spacial score (nSPS) is 12.1. The van der Waals surface area contributed by atoms with E-state index in [9.17, 15) is 0 Å². The first-order valence-electron chi connectivity index (χ1n) is 18.3. The number of furan rings is 1. The molecule has 12 rings (SSSR count). The summed E-state index contributed by atoms with van der Waals surface area (Å²) >= 11 is 0. The fraction of sp³-hybridized carbons (Fsp3) is 0. The lowest BCUT2D eigenvalue weighted by atomic mass is 9.89. The molecule has 0 spiro atoms. The summed E-state index contributed by atoms with van der Waals surface area (Å²) in [7, 11) is 0. The molecule has 0 saturated heterocycles. The van der Waals surface area contributed by atoms with E-state index >= 15 is 0 Å². The third kappa shape index (κ3) is 4.02. The van der Waals surface area contributed by atoms with Crippen LogP contribution in [0.4, 0.5) is 0 Å². The van der Waals surface area contributed by atoms with Crippen molar-refractivity contribution in [3.8, 4) is 28.1 Å². The molecule has 0 bridgehead atoms. The minimum atomic E-state index is 0.813. The summed E-state index contributed by atoms with van der Waals surface area (Å²) in [5, 5.41) is 11.9.